The number of rotatable bonds is 9. The van der Waals surface area contributed by atoms with Gasteiger partial charge in [-0.15, -0.1) is 0 Å². The van der Waals surface area contributed by atoms with E-state index in [4.69, 9.17) is 9.84 Å². The molecule has 226 valence electrons. The summed E-state index contributed by atoms with van der Waals surface area (Å²) in [5, 5.41) is 29.2. The number of nitrogens with zero attached hydrogens (tertiary/aromatic N) is 4. The summed E-state index contributed by atoms with van der Waals surface area (Å²) in [7, 11) is 1.64. The standard InChI is InChI=1S/C32H43N5O5/c1-21(2)22-8-10-24(11-9-22)32(41,31(6)19-37(20-31)29(40)42-30(3,4)5)25-14-23(16-33-17-25)27-15-26(34-35-27)12-13-36(7)28(39)18-38/h8-11,14-17,21,38,41H,12-13,18-20H2,1-7H3,(H,34,35)/t32-/m0/s1. The van der Waals surface area contributed by atoms with E-state index in [1.807, 2.05) is 64.1 Å². The van der Waals surface area contributed by atoms with E-state index in [-0.39, 0.29) is 5.91 Å². The highest BCUT2D eigenvalue weighted by molar-refractivity contribution is 5.76. The molecule has 1 fully saturated rings. The number of pyridine rings is 1. The number of ether oxygens (including phenoxy) is 1. The van der Waals surface area contributed by atoms with Gasteiger partial charge in [0.25, 0.3) is 0 Å². The third kappa shape index (κ3) is 6.34. The molecule has 1 aliphatic heterocycles. The number of hydrogen-bond donors (Lipinski definition) is 3. The van der Waals surface area contributed by atoms with Crippen LogP contribution in [0.5, 0.6) is 0 Å². The molecule has 0 aliphatic carbocycles. The molecule has 0 bridgehead atoms. The van der Waals surface area contributed by atoms with E-state index in [1.54, 1.807) is 24.3 Å². The third-order valence-corrected chi connectivity index (χ3v) is 7.96. The maximum absolute atomic E-state index is 12.8. The van der Waals surface area contributed by atoms with E-state index in [1.165, 1.54) is 4.90 Å². The molecule has 3 heterocycles. The molecular weight excluding hydrogens is 534 g/mol. The lowest BCUT2D eigenvalue weighted by atomic mass is 9.62. The van der Waals surface area contributed by atoms with Crippen molar-refractivity contribution < 1.29 is 24.5 Å². The number of aromatic nitrogens is 3. The number of aromatic amines is 1. The number of hydrogen-bond acceptors (Lipinski definition) is 7. The van der Waals surface area contributed by atoms with Crippen LogP contribution in [0, 0.1) is 5.41 Å². The van der Waals surface area contributed by atoms with Gasteiger partial charge in [-0.3, -0.25) is 14.9 Å². The van der Waals surface area contributed by atoms with Crippen molar-refractivity contribution in [3.63, 3.8) is 0 Å². The van der Waals surface area contributed by atoms with Crippen LogP contribution < -0.4 is 0 Å². The minimum absolute atomic E-state index is 0.307. The van der Waals surface area contributed by atoms with Crippen LogP contribution >= 0.6 is 0 Å². The van der Waals surface area contributed by atoms with Crippen molar-refractivity contribution in [2.24, 2.45) is 5.41 Å². The Morgan fingerprint density at radius 3 is 2.38 bits per heavy atom. The van der Waals surface area contributed by atoms with Crippen molar-refractivity contribution in [1.29, 1.82) is 0 Å². The lowest BCUT2D eigenvalue weighted by molar-refractivity contribution is -0.132. The van der Waals surface area contributed by atoms with Crippen molar-refractivity contribution in [3.8, 4) is 11.3 Å². The Morgan fingerprint density at radius 1 is 1.12 bits per heavy atom. The molecule has 42 heavy (non-hydrogen) atoms. The first-order valence-corrected chi connectivity index (χ1v) is 14.3. The van der Waals surface area contributed by atoms with Crippen LogP contribution in [-0.4, -0.2) is 86.1 Å². The first kappa shape index (κ1) is 31.2. The monoisotopic (exact) mass is 577 g/mol. The fourth-order valence-corrected chi connectivity index (χ4v) is 5.40. The van der Waals surface area contributed by atoms with Crippen LogP contribution in [0.1, 0.15) is 69.8 Å². The summed E-state index contributed by atoms with van der Waals surface area (Å²) >= 11 is 0. The van der Waals surface area contributed by atoms with Gasteiger partial charge in [0.15, 0.2) is 0 Å². The van der Waals surface area contributed by atoms with Gasteiger partial charge in [0, 0.05) is 67.7 Å². The third-order valence-electron chi connectivity index (χ3n) is 7.96. The molecule has 3 aromatic rings. The Balaban J connectivity index is 1.66. The maximum atomic E-state index is 12.8. The zero-order valence-electron chi connectivity index (χ0n) is 25.6. The highest BCUT2D eigenvalue weighted by atomic mass is 16.6. The van der Waals surface area contributed by atoms with Crippen molar-refractivity contribution in [2.75, 3.05) is 33.3 Å². The lowest BCUT2D eigenvalue weighted by Gasteiger charge is -2.56. The van der Waals surface area contributed by atoms with Crippen LogP contribution in [-0.2, 0) is 21.6 Å². The molecule has 0 spiro atoms. The average Bonchev–Trinajstić information content (AvgIpc) is 3.41. The predicted molar refractivity (Wildman–Crippen MR) is 160 cm³/mol. The number of likely N-dealkylation sites (tertiary alicyclic amines) is 1. The van der Waals surface area contributed by atoms with Crippen LogP contribution in [0.3, 0.4) is 0 Å². The quantitative estimate of drug-likeness (QED) is 0.349. The number of likely N-dealkylation sites (N-methyl/N-ethyl adjacent to an activating group) is 1. The second kappa shape index (κ2) is 11.9. The summed E-state index contributed by atoms with van der Waals surface area (Å²) < 4.78 is 5.58. The number of amides is 2. The largest absolute Gasteiger partial charge is 0.444 e. The van der Waals surface area contributed by atoms with E-state index < -0.39 is 29.3 Å². The van der Waals surface area contributed by atoms with Gasteiger partial charge in [-0.1, -0.05) is 45.0 Å². The molecule has 4 rings (SSSR count). The van der Waals surface area contributed by atoms with E-state index in [0.717, 1.165) is 22.4 Å². The van der Waals surface area contributed by atoms with Gasteiger partial charge >= 0.3 is 6.09 Å². The summed E-state index contributed by atoms with van der Waals surface area (Å²) in [6.07, 6.45) is 3.50. The Bertz CT molecular complexity index is 1410. The highest BCUT2D eigenvalue weighted by Crippen LogP contribution is 2.51. The van der Waals surface area contributed by atoms with Gasteiger partial charge in [0.05, 0.1) is 5.69 Å². The average molecular weight is 578 g/mol. The number of benzene rings is 1. The van der Waals surface area contributed by atoms with Gasteiger partial charge in [-0.2, -0.15) is 5.10 Å². The highest BCUT2D eigenvalue weighted by Gasteiger charge is 2.58. The molecule has 2 aromatic heterocycles. The Hall–Kier alpha value is -3.76. The molecule has 0 unspecified atom stereocenters. The molecule has 3 N–H and O–H groups in total. The van der Waals surface area contributed by atoms with Crippen molar-refractivity contribution in [1.82, 2.24) is 25.0 Å². The second-order valence-electron chi connectivity index (χ2n) is 12.8. The van der Waals surface area contributed by atoms with Gasteiger partial charge in [0.1, 0.15) is 17.8 Å². The zero-order valence-corrected chi connectivity index (χ0v) is 25.6. The van der Waals surface area contributed by atoms with Gasteiger partial charge in [-0.25, -0.2) is 4.79 Å². The number of aliphatic hydroxyl groups excluding tert-OH is 1. The summed E-state index contributed by atoms with van der Waals surface area (Å²) in [5.41, 5.74) is 1.89. The lowest BCUT2D eigenvalue weighted by Crippen LogP contribution is -2.66. The minimum atomic E-state index is -1.46. The van der Waals surface area contributed by atoms with Crippen LogP contribution in [0.25, 0.3) is 11.3 Å². The number of aliphatic hydroxyl groups is 2. The van der Waals surface area contributed by atoms with Gasteiger partial charge < -0.3 is 24.7 Å². The van der Waals surface area contributed by atoms with Crippen molar-refractivity contribution in [2.45, 2.75) is 65.1 Å². The zero-order chi connectivity index (χ0) is 30.9. The summed E-state index contributed by atoms with van der Waals surface area (Å²) in [6.45, 7) is 12.3. The normalized spacial score (nSPS) is 16.1. The molecule has 0 radical (unpaired) electrons. The fourth-order valence-electron chi connectivity index (χ4n) is 5.40. The molecular formula is C32H43N5O5. The smallest absolute Gasteiger partial charge is 0.410 e. The topological polar surface area (TPSA) is 132 Å². The second-order valence-corrected chi connectivity index (χ2v) is 12.8. The Labute approximate surface area is 247 Å². The summed E-state index contributed by atoms with van der Waals surface area (Å²) in [5.74, 6) is -0.00317. The number of H-pyrrole nitrogens is 1. The first-order chi connectivity index (χ1) is 19.7. The van der Waals surface area contributed by atoms with E-state index >= 15 is 0 Å². The molecule has 1 atom stereocenters. The molecule has 0 saturated carbocycles. The molecule has 10 nitrogen and oxygen atoms in total. The summed E-state index contributed by atoms with van der Waals surface area (Å²) in [4.78, 5) is 32.1. The molecule has 1 aliphatic rings. The number of carbonyl (C=O) groups excluding carboxylic acids is 2. The maximum Gasteiger partial charge on any atom is 0.410 e. The molecule has 2 amide bonds. The molecule has 1 aromatic carbocycles. The SMILES string of the molecule is CC(C)c1ccc([C@](O)(c2cncc(-c3cc(CCN(C)C(=O)CO)[nH]n3)c2)C2(C)CN(C(=O)OC(C)(C)C)C2)cc1. The van der Waals surface area contributed by atoms with Crippen LogP contribution in [0.4, 0.5) is 4.79 Å². The van der Waals surface area contributed by atoms with Gasteiger partial charge in [-0.05, 0) is 49.9 Å². The van der Waals surface area contributed by atoms with Crippen LogP contribution in [0.15, 0.2) is 48.8 Å². The Morgan fingerprint density at radius 2 is 1.79 bits per heavy atom. The van der Waals surface area contributed by atoms with Crippen LogP contribution in [0.2, 0.25) is 0 Å². The molecule has 1 saturated heterocycles. The van der Waals surface area contributed by atoms with Crippen molar-refractivity contribution in [3.05, 3.63) is 71.2 Å². The van der Waals surface area contributed by atoms with Crippen molar-refractivity contribution >= 4 is 12.0 Å². The first-order valence-electron chi connectivity index (χ1n) is 14.3. The van der Waals surface area contributed by atoms with Gasteiger partial charge in [0.2, 0.25) is 5.91 Å². The van der Waals surface area contributed by atoms with E-state index in [2.05, 4.69) is 29.0 Å². The minimum Gasteiger partial charge on any atom is -0.444 e. The Kier molecular flexibility index (Phi) is 8.80. The summed E-state index contributed by atoms with van der Waals surface area (Å²) in [6, 6.07) is 11.8. The van der Waals surface area contributed by atoms with E-state index in [9.17, 15) is 14.7 Å². The number of nitrogens with one attached hydrogen (secondary N) is 1. The number of carbonyl (C=O) groups is 2. The molecule has 10 heteroatoms. The fraction of sp³-hybridized carbons (Fsp3) is 0.500. The van der Waals surface area contributed by atoms with E-state index in [0.29, 0.717) is 43.2 Å². The predicted octanol–water partition coefficient (Wildman–Crippen LogP) is 4.08.